The Hall–Kier alpha value is -1.29. The van der Waals surface area contributed by atoms with Crippen LogP contribution in [0.4, 0.5) is 0 Å². The Morgan fingerprint density at radius 1 is 1.41 bits per heavy atom. The van der Waals surface area contributed by atoms with Crippen molar-refractivity contribution >= 4 is 22.8 Å². The molecule has 0 aliphatic carbocycles. The Balaban J connectivity index is 2.53. The molecule has 1 atom stereocenters. The molecule has 0 aromatic heterocycles. The van der Waals surface area contributed by atoms with E-state index >= 15 is 0 Å². The lowest BCUT2D eigenvalue weighted by molar-refractivity contribution is -0.143. The van der Waals surface area contributed by atoms with Gasteiger partial charge in [-0.2, -0.15) is 0 Å². The van der Waals surface area contributed by atoms with E-state index in [9.17, 15) is 9.59 Å². The van der Waals surface area contributed by atoms with Gasteiger partial charge in [0, 0.05) is 11.3 Å². The number of benzene rings is 1. The monoisotopic (exact) mass is 252 g/mol. The molecular weight excluding hydrogens is 236 g/mol. The number of hydrogen-bond donors (Lipinski definition) is 0. The average Bonchev–Trinajstić information content (AvgIpc) is 2.34. The molecule has 0 N–H and O–H groups in total. The number of methoxy groups -OCH3 is 1. The molecule has 92 valence electrons. The molecule has 0 bridgehead atoms. The molecule has 1 aromatic carbocycles. The second-order valence-electron chi connectivity index (χ2n) is 3.89. The number of thioether (sulfide) groups is 1. The van der Waals surface area contributed by atoms with E-state index in [-0.39, 0.29) is 17.0 Å². The average molecular weight is 252 g/mol. The fourth-order valence-electron chi connectivity index (χ4n) is 1.33. The van der Waals surface area contributed by atoms with E-state index in [0.29, 0.717) is 11.3 Å². The number of carbonyl (C=O) groups excluding carboxylic acids is 2. The maximum atomic E-state index is 11.8. The van der Waals surface area contributed by atoms with E-state index in [0.717, 1.165) is 17.3 Å². The van der Waals surface area contributed by atoms with Crippen LogP contribution in [0.2, 0.25) is 0 Å². The summed E-state index contributed by atoms with van der Waals surface area (Å²) in [5.41, 5.74) is 1.73. The van der Waals surface area contributed by atoms with Crippen molar-refractivity contribution in [1.29, 1.82) is 0 Å². The van der Waals surface area contributed by atoms with Crippen LogP contribution in [0.3, 0.4) is 0 Å². The second-order valence-corrected chi connectivity index (χ2v) is 4.88. The van der Waals surface area contributed by atoms with Gasteiger partial charge in [-0.15, -0.1) is 0 Å². The van der Waals surface area contributed by atoms with Crippen molar-refractivity contribution in [2.75, 3.05) is 12.9 Å². The van der Waals surface area contributed by atoms with Gasteiger partial charge in [-0.05, 0) is 13.0 Å². The first kappa shape index (κ1) is 13.8. The van der Waals surface area contributed by atoms with Crippen molar-refractivity contribution in [3.05, 3.63) is 35.4 Å². The molecular formula is C13H16O3S. The van der Waals surface area contributed by atoms with Crippen LogP contribution in [0, 0.1) is 12.8 Å². The van der Waals surface area contributed by atoms with E-state index in [2.05, 4.69) is 4.74 Å². The molecule has 1 rings (SSSR count). The van der Waals surface area contributed by atoms with Gasteiger partial charge < -0.3 is 4.74 Å². The SMILES string of the molecule is COC(=O)[C@@H](C)CSC(=O)c1cccc(C)c1. The van der Waals surface area contributed by atoms with Gasteiger partial charge in [-0.3, -0.25) is 9.59 Å². The highest BCUT2D eigenvalue weighted by atomic mass is 32.2. The van der Waals surface area contributed by atoms with E-state index in [1.54, 1.807) is 13.0 Å². The summed E-state index contributed by atoms with van der Waals surface area (Å²) in [4.78, 5) is 23.0. The van der Waals surface area contributed by atoms with Crippen LogP contribution in [0.1, 0.15) is 22.8 Å². The summed E-state index contributed by atoms with van der Waals surface area (Å²) in [6, 6.07) is 7.43. The van der Waals surface area contributed by atoms with Gasteiger partial charge in [-0.25, -0.2) is 0 Å². The molecule has 0 spiro atoms. The van der Waals surface area contributed by atoms with E-state index in [4.69, 9.17) is 0 Å². The molecule has 4 heteroatoms. The molecule has 0 heterocycles. The summed E-state index contributed by atoms with van der Waals surface area (Å²) in [5, 5.41) is -0.00977. The van der Waals surface area contributed by atoms with Crippen LogP contribution in [0.15, 0.2) is 24.3 Å². The normalized spacial score (nSPS) is 11.9. The Kier molecular flexibility index (Phi) is 5.22. The van der Waals surface area contributed by atoms with Gasteiger partial charge in [0.25, 0.3) is 0 Å². The van der Waals surface area contributed by atoms with Gasteiger partial charge >= 0.3 is 5.97 Å². The van der Waals surface area contributed by atoms with Crippen LogP contribution in [0.5, 0.6) is 0 Å². The quantitative estimate of drug-likeness (QED) is 0.773. The van der Waals surface area contributed by atoms with Gasteiger partial charge in [-0.1, -0.05) is 42.4 Å². The minimum atomic E-state index is -0.283. The fourth-order valence-corrected chi connectivity index (χ4v) is 2.16. The van der Waals surface area contributed by atoms with Gasteiger partial charge in [0.05, 0.1) is 13.0 Å². The smallest absolute Gasteiger partial charge is 0.309 e. The zero-order valence-corrected chi connectivity index (χ0v) is 11.0. The van der Waals surface area contributed by atoms with Gasteiger partial charge in [0.15, 0.2) is 0 Å². The van der Waals surface area contributed by atoms with Crippen molar-refractivity contribution < 1.29 is 14.3 Å². The Morgan fingerprint density at radius 3 is 2.71 bits per heavy atom. The van der Waals surface area contributed by atoms with Crippen LogP contribution >= 0.6 is 11.8 Å². The summed E-state index contributed by atoms with van der Waals surface area (Å²) < 4.78 is 4.61. The third-order valence-corrected chi connectivity index (χ3v) is 3.49. The van der Waals surface area contributed by atoms with Gasteiger partial charge in [0.1, 0.15) is 0 Å². The standard InChI is InChI=1S/C13H16O3S/c1-9-5-4-6-11(7-9)13(15)17-8-10(2)12(14)16-3/h4-7,10H,8H2,1-3H3/t10-/m0/s1. The molecule has 0 radical (unpaired) electrons. The Bertz CT molecular complexity index is 415. The van der Waals surface area contributed by atoms with E-state index in [1.165, 1.54) is 7.11 Å². The lowest BCUT2D eigenvalue weighted by Gasteiger charge is -2.07. The summed E-state index contributed by atoms with van der Waals surface area (Å²) >= 11 is 1.15. The Labute approximate surface area is 106 Å². The van der Waals surface area contributed by atoms with E-state index in [1.807, 2.05) is 25.1 Å². The lowest BCUT2D eigenvalue weighted by Crippen LogP contribution is -2.15. The minimum Gasteiger partial charge on any atom is -0.469 e. The molecule has 0 unspecified atom stereocenters. The number of hydrogen-bond acceptors (Lipinski definition) is 4. The van der Waals surface area contributed by atoms with Crippen molar-refractivity contribution in [3.63, 3.8) is 0 Å². The van der Waals surface area contributed by atoms with Crippen LogP contribution in [-0.4, -0.2) is 23.9 Å². The Morgan fingerprint density at radius 2 is 2.12 bits per heavy atom. The molecule has 0 aliphatic heterocycles. The van der Waals surface area contributed by atoms with Crippen LogP contribution in [-0.2, 0) is 9.53 Å². The predicted octanol–water partition coefficient (Wildman–Crippen LogP) is 2.68. The zero-order valence-electron chi connectivity index (χ0n) is 10.2. The number of aryl methyl sites for hydroxylation is 1. The summed E-state index contributed by atoms with van der Waals surface area (Å²) in [6.45, 7) is 3.70. The first-order valence-corrected chi connectivity index (χ1v) is 6.34. The predicted molar refractivity (Wildman–Crippen MR) is 69.1 cm³/mol. The maximum absolute atomic E-state index is 11.8. The fraction of sp³-hybridized carbons (Fsp3) is 0.385. The molecule has 0 saturated carbocycles. The maximum Gasteiger partial charge on any atom is 0.309 e. The zero-order chi connectivity index (χ0) is 12.8. The molecule has 17 heavy (non-hydrogen) atoms. The second kappa shape index (κ2) is 6.45. The highest BCUT2D eigenvalue weighted by Gasteiger charge is 2.16. The summed E-state index contributed by atoms with van der Waals surface area (Å²) in [6.07, 6.45) is 0. The number of rotatable bonds is 4. The van der Waals surface area contributed by atoms with Crippen molar-refractivity contribution in [1.82, 2.24) is 0 Å². The molecule has 0 aliphatic rings. The van der Waals surface area contributed by atoms with Crippen LogP contribution in [0.25, 0.3) is 0 Å². The molecule has 0 fully saturated rings. The molecule has 1 aromatic rings. The first-order valence-electron chi connectivity index (χ1n) is 5.36. The van der Waals surface area contributed by atoms with Crippen molar-refractivity contribution in [2.45, 2.75) is 13.8 Å². The number of carbonyl (C=O) groups is 2. The molecule has 3 nitrogen and oxygen atoms in total. The molecule has 0 amide bonds. The first-order chi connectivity index (χ1) is 8.04. The largest absolute Gasteiger partial charge is 0.469 e. The lowest BCUT2D eigenvalue weighted by atomic mass is 10.2. The topological polar surface area (TPSA) is 43.4 Å². The highest BCUT2D eigenvalue weighted by Crippen LogP contribution is 2.17. The van der Waals surface area contributed by atoms with Crippen molar-refractivity contribution in [3.8, 4) is 0 Å². The number of esters is 1. The highest BCUT2D eigenvalue weighted by molar-refractivity contribution is 8.14. The third-order valence-electron chi connectivity index (χ3n) is 2.32. The summed E-state index contributed by atoms with van der Waals surface area (Å²) in [7, 11) is 1.35. The van der Waals surface area contributed by atoms with E-state index < -0.39 is 0 Å². The summed E-state index contributed by atoms with van der Waals surface area (Å²) in [5.74, 6) is -0.104. The molecule has 0 saturated heterocycles. The van der Waals surface area contributed by atoms with Gasteiger partial charge in [0.2, 0.25) is 5.12 Å². The minimum absolute atomic E-state index is 0.00977. The van der Waals surface area contributed by atoms with Crippen molar-refractivity contribution in [2.24, 2.45) is 5.92 Å². The number of ether oxygens (including phenoxy) is 1. The van der Waals surface area contributed by atoms with Crippen LogP contribution < -0.4 is 0 Å². The third kappa shape index (κ3) is 4.23.